The minimum atomic E-state index is -1.35. The third-order valence-electron chi connectivity index (χ3n) is 6.86. The highest BCUT2D eigenvalue weighted by molar-refractivity contribution is 7.99. The molecule has 0 spiro atoms. The van der Waals surface area contributed by atoms with Gasteiger partial charge in [0.05, 0.1) is 12.1 Å². The van der Waals surface area contributed by atoms with E-state index >= 15 is 0 Å². The molecule has 0 radical (unpaired) electrons. The number of thioether (sulfide) groups is 1. The number of nitrogens with one attached hydrogen (secondary N) is 2. The van der Waals surface area contributed by atoms with Gasteiger partial charge >= 0.3 is 0 Å². The summed E-state index contributed by atoms with van der Waals surface area (Å²) in [6.07, 6.45) is 3.04. The molecule has 5 N–H and O–H groups in total. The second-order valence-corrected chi connectivity index (χ2v) is 10.6. The number of aliphatic hydroxyl groups excluding tert-OH is 3. The average molecular weight is 490 g/mol. The maximum Gasteiger partial charge on any atom is 0.237 e. The zero-order chi connectivity index (χ0) is 24.5. The molecule has 9 nitrogen and oxygen atoms in total. The van der Waals surface area contributed by atoms with E-state index in [4.69, 9.17) is 4.74 Å². The highest BCUT2D eigenvalue weighted by Crippen LogP contribution is 2.31. The number of nitrogens with zero attached hydrogens (tertiary/aromatic N) is 1. The summed E-state index contributed by atoms with van der Waals surface area (Å²) in [5.41, 5.74) is -0.688. The van der Waals surface area contributed by atoms with Gasteiger partial charge in [0.1, 0.15) is 29.9 Å². The quantitative estimate of drug-likeness (QED) is 0.185. The van der Waals surface area contributed by atoms with Gasteiger partial charge in [-0.2, -0.15) is 0 Å². The molecular weight excluding hydrogens is 446 g/mol. The number of carbonyl (C=O) groups is 2. The first-order valence-electron chi connectivity index (χ1n) is 12.2. The number of ether oxygens (including phenoxy) is 1. The Morgan fingerprint density at radius 3 is 2.55 bits per heavy atom. The van der Waals surface area contributed by atoms with Gasteiger partial charge in [-0.1, -0.05) is 40.0 Å². The van der Waals surface area contributed by atoms with E-state index in [2.05, 4.69) is 22.5 Å². The normalized spacial score (nSPS) is 33.8. The summed E-state index contributed by atoms with van der Waals surface area (Å²) in [5, 5.41) is 36.9. The van der Waals surface area contributed by atoms with E-state index in [-0.39, 0.29) is 17.9 Å². The molecule has 0 aromatic rings. The number of hydrogen-bond donors (Lipinski definition) is 5. The summed E-state index contributed by atoms with van der Waals surface area (Å²) in [6.45, 7) is 7.92. The molecule has 0 aliphatic carbocycles. The lowest BCUT2D eigenvalue weighted by molar-refractivity contribution is -0.208. The first kappa shape index (κ1) is 28.3. The molecule has 2 amide bonds. The van der Waals surface area contributed by atoms with E-state index in [1.807, 2.05) is 13.8 Å². The van der Waals surface area contributed by atoms with Crippen LogP contribution >= 0.6 is 11.8 Å². The van der Waals surface area contributed by atoms with E-state index in [1.54, 1.807) is 6.26 Å². The Bertz CT molecular complexity index is 611. The Hall–Kier alpha value is -0.910. The van der Waals surface area contributed by atoms with Crippen molar-refractivity contribution >= 4 is 24.1 Å². The molecule has 2 aliphatic heterocycles. The van der Waals surface area contributed by atoms with Crippen LogP contribution in [0, 0.1) is 11.8 Å². The smallest absolute Gasteiger partial charge is 0.237 e. The Morgan fingerprint density at radius 2 is 1.94 bits per heavy atom. The van der Waals surface area contributed by atoms with Crippen LogP contribution in [0.4, 0.5) is 0 Å². The zero-order valence-electron chi connectivity index (χ0n) is 20.4. The third kappa shape index (κ3) is 7.53. The summed E-state index contributed by atoms with van der Waals surface area (Å²) < 4.78 is 5.94. The molecule has 192 valence electrons. The lowest BCUT2D eigenvalue weighted by Crippen LogP contribution is -2.64. The number of hydrogen-bond acceptors (Lipinski definition) is 8. The monoisotopic (exact) mass is 489 g/mol. The van der Waals surface area contributed by atoms with Crippen LogP contribution in [0.25, 0.3) is 0 Å². The third-order valence-corrected chi connectivity index (χ3v) is 7.71. The van der Waals surface area contributed by atoms with Gasteiger partial charge in [-0.25, -0.2) is 0 Å². The topological polar surface area (TPSA) is 131 Å². The minimum absolute atomic E-state index is 0.0644. The van der Waals surface area contributed by atoms with Crippen molar-refractivity contribution in [3.8, 4) is 0 Å². The van der Waals surface area contributed by atoms with Crippen molar-refractivity contribution in [3.63, 3.8) is 0 Å². The highest BCUT2D eigenvalue weighted by atomic mass is 32.2. The van der Waals surface area contributed by atoms with Gasteiger partial charge in [0.25, 0.3) is 0 Å². The molecule has 8 atom stereocenters. The average Bonchev–Trinajstić information content (AvgIpc) is 3.19. The van der Waals surface area contributed by atoms with Crippen molar-refractivity contribution in [1.29, 1.82) is 0 Å². The Morgan fingerprint density at radius 1 is 1.21 bits per heavy atom. The van der Waals surface area contributed by atoms with E-state index in [9.17, 15) is 24.9 Å². The predicted molar refractivity (Wildman–Crippen MR) is 129 cm³/mol. The van der Waals surface area contributed by atoms with Crippen LogP contribution in [-0.4, -0.2) is 100 Å². The van der Waals surface area contributed by atoms with Crippen molar-refractivity contribution in [1.82, 2.24) is 15.5 Å². The van der Waals surface area contributed by atoms with E-state index < -0.39 is 35.9 Å². The maximum absolute atomic E-state index is 13.4. The summed E-state index contributed by atoms with van der Waals surface area (Å²) in [6, 6.07) is -0.850. The van der Waals surface area contributed by atoms with Crippen LogP contribution in [0.2, 0.25) is 0 Å². The first-order chi connectivity index (χ1) is 15.7. The summed E-state index contributed by atoms with van der Waals surface area (Å²) in [5.74, 6) is 0.232. The minimum Gasteiger partial charge on any atom is -0.388 e. The summed E-state index contributed by atoms with van der Waals surface area (Å²) in [4.78, 5) is 26.2. The molecule has 10 heteroatoms. The van der Waals surface area contributed by atoms with E-state index in [0.717, 1.165) is 32.2 Å². The van der Waals surface area contributed by atoms with Crippen molar-refractivity contribution in [2.45, 2.75) is 94.8 Å². The highest BCUT2D eigenvalue weighted by Gasteiger charge is 2.48. The lowest BCUT2D eigenvalue weighted by Gasteiger charge is -2.44. The molecule has 0 saturated carbocycles. The second kappa shape index (κ2) is 13.8. The van der Waals surface area contributed by atoms with E-state index in [1.165, 1.54) is 18.2 Å². The number of carbonyl (C=O) groups excluding carboxylic acids is 2. The molecule has 2 saturated heterocycles. The standard InChI is InChI=1S/C23H43N3O6S/c1-5-6-7-8-15-11-16(26(12-15)10-9-24-13-27)22(31)25-17(14(2)3)21-19(29)18(28)20(30)23(32-21)33-4/h13-21,23,28-30H,5-12H2,1-4H3,(H,24,27)(H,25,31). The number of aliphatic hydroxyl groups is 3. The largest absolute Gasteiger partial charge is 0.388 e. The fraction of sp³-hybridized carbons (Fsp3) is 0.913. The Balaban J connectivity index is 2.11. The van der Waals surface area contributed by atoms with Crippen molar-refractivity contribution in [3.05, 3.63) is 0 Å². The maximum atomic E-state index is 13.4. The van der Waals surface area contributed by atoms with Crippen LogP contribution < -0.4 is 10.6 Å². The van der Waals surface area contributed by atoms with Crippen LogP contribution in [0.1, 0.15) is 52.9 Å². The number of unbranched alkanes of at least 4 members (excludes halogenated alkanes) is 2. The Labute approximate surface area is 202 Å². The molecule has 0 aromatic carbocycles. The van der Waals surface area contributed by atoms with Crippen LogP contribution in [-0.2, 0) is 14.3 Å². The SMILES string of the molecule is CCCCCC1CC(C(=O)NC(C(C)C)C2OC(SC)C(O)C(O)C2O)N(CCNC=O)C1. The molecule has 8 unspecified atom stereocenters. The first-order valence-corrected chi connectivity index (χ1v) is 13.5. The second-order valence-electron chi connectivity index (χ2n) is 9.64. The van der Waals surface area contributed by atoms with E-state index in [0.29, 0.717) is 25.4 Å². The zero-order valence-corrected chi connectivity index (χ0v) is 21.2. The molecule has 2 heterocycles. The van der Waals surface area contributed by atoms with Crippen LogP contribution in [0.3, 0.4) is 0 Å². The van der Waals surface area contributed by atoms with Gasteiger partial charge in [-0.05, 0) is 30.9 Å². The fourth-order valence-electron chi connectivity index (χ4n) is 4.93. The predicted octanol–water partition coefficient (Wildman–Crippen LogP) is 0.315. The van der Waals surface area contributed by atoms with Crippen molar-refractivity contribution < 1.29 is 29.6 Å². The van der Waals surface area contributed by atoms with Gasteiger partial charge in [0, 0.05) is 19.6 Å². The van der Waals surface area contributed by atoms with Crippen molar-refractivity contribution in [2.24, 2.45) is 11.8 Å². The van der Waals surface area contributed by atoms with Gasteiger partial charge in [0.15, 0.2) is 0 Å². The van der Waals surface area contributed by atoms with Crippen LogP contribution in [0.15, 0.2) is 0 Å². The van der Waals surface area contributed by atoms with Crippen molar-refractivity contribution in [2.75, 3.05) is 25.9 Å². The molecule has 2 rings (SSSR count). The lowest BCUT2D eigenvalue weighted by atomic mass is 9.88. The fourth-order valence-corrected chi connectivity index (χ4v) is 5.61. The van der Waals surface area contributed by atoms with Gasteiger partial charge in [-0.15, -0.1) is 11.8 Å². The number of likely N-dealkylation sites (tertiary alicyclic amines) is 1. The van der Waals surface area contributed by atoms with Gasteiger partial charge in [0.2, 0.25) is 12.3 Å². The molecule has 2 aliphatic rings. The molecular formula is C23H43N3O6S. The number of rotatable bonds is 13. The van der Waals surface area contributed by atoms with Gasteiger partial charge in [-0.3, -0.25) is 14.5 Å². The molecule has 0 bridgehead atoms. The molecule has 2 fully saturated rings. The Kier molecular flexibility index (Phi) is 11.9. The van der Waals surface area contributed by atoms with Gasteiger partial charge < -0.3 is 30.7 Å². The number of amides is 2. The summed E-state index contributed by atoms with van der Waals surface area (Å²) in [7, 11) is 0. The summed E-state index contributed by atoms with van der Waals surface area (Å²) >= 11 is 1.26. The molecule has 0 aromatic heterocycles. The molecule has 33 heavy (non-hydrogen) atoms. The van der Waals surface area contributed by atoms with Crippen LogP contribution in [0.5, 0.6) is 0 Å².